The minimum absolute atomic E-state index is 0.218. The van der Waals surface area contributed by atoms with Crippen LogP contribution in [0.2, 0.25) is 0 Å². The molecular weight excluding hydrogens is 234 g/mol. The van der Waals surface area contributed by atoms with Gasteiger partial charge in [-0.1, -0.05) is 31.4 Å². The summed E-state index contributed by atoms with van der Waals surface area (Å²) in [6, 6.07) is 6.48. The monoisotopic (exact) mass is 259 g/mol. The minimum Gasteiger partial charge on any atom is -0.336 e. The van der Waals surface area contributed by atoms with Crippen molar-refractivity contribution in [3.8, 4) is 0 Å². The molecule has 19 heavy (non-hydrogen) atoms. The number of hydrogen-bond donors (Lipinski definition) is 0. The molecule has 0 bridgehead atoms. The Bertz CT molecular complexity index is 447. The second kappa shape index (κ2) is 6.23. The number of aryl methyl sites for hydroxylation is 1. The van der Waals surface area contributed by atoms with Crippen LogP contribution in [0.1, 0.15) is 60.5 Å². The summed E-state index contributed by atoms with van der Waals surface area (Å²) in [4.78, 5) is 14.9. The third-order valence-corrected chi connectivity index (χ3v) is 4.45. The molecule has 0 heterocycles. The average Bonchev–Trinajstić information content (AvgIpc) is 2.44. The highest BCUT2D eigenvalue weighted by Crippen LogP contribution is 2.25. The number of benzene rings is 1. The SMILES string of the molecule is CCN(C(=O)c1cccc(C)c1C)C1CCCCC1. The maximum atomic E-state index is 12.8. The van der Waals surface area contributed by atoms with Gasteiger partial charge in [0, 0.05) is 18.2 Å². The Kier molecular flexibility index (Phi) is 4.62. The van der Waals surface area contributed by atoms with Gasteiger partial charge in [-0.3, -0.25) is 4.79 Å². The number of carbonyl (C=O) groups is 1. The normalized spacial score (nSPS) is 16.4. The van der Waals surface area contributed by atoms with Crippen molar-refractivity contribution in [3.63, 3.8) is 0 Å². The lowest BCUT2D eigenvalue weighted by molar-refractivity contribution is 0.0647. The van der Waals surface area contributed by atoms with Gasteiger partial charge in [0.25, 0.3) is 5.91 Å². The molecule has 0 unspecified atom stereocenters. The molecule has 1 amide bonds. The Labute approximate surface area is 116 Å². The number of amides is 1. The molecule has 0 radical (unpaired) electrons. The summed E-state index contributed by atoms with van der Waals surface area (Å²) in [5.74, 6) is 0.218. The van der Waals surface area contributed by atoms with Crippen LogP contribution in [0.3, 0.4) is 0 Å². The molecular formula is C17H25NO. The third-order valence-electron chi connectivity index (χ3n) is 4.45. The lowest BCUT2D eigenvalue weighted by Gasteiger charge is -2.34. The van der Waals surface area contributed by atoms with Crippen LogP contribution in [-0.4, -0.2) is 23.4 Å². The van der Waals surface area contributed by atoms with Crippen molar-refractivity contribution in [2.45, 2.75) is 58.9 Å². The summed E-state index contributed by atoms with van der Waals surface area (Å²) in [6.45, 7) is 7.04. The van der Waals surface area contributed by atoms with E-state index in [4.69, 9.17) is 0 Å². The summed E-state index contributed by atoms with van der Waals surface area (Å²) in [7, 11) is 0. The van der Waals surface area contributed by atoms with E-state index in [2.05, 4.69) is 31.7 Å². The molecule has 1 aliphatic carbocycles. The van der Waals surface area contributed by atoms with E-state index in [9.17, 15) is 4.79 Å². The second-order valence-electron chi connectivity index (χ2n) is 5.63. The topological polar surface area (TPSA) is 20.3 Å². The number of nitrogens with zero attached hydrogens (tertiary/aromatic N) is 1. The molecule has 0 atom stereocenters. The van der Waals surface area contributed by atoms with Crippen LogP contribution >= 0.6 is 0 Å². The van der Waals surface area contributed by atoms with Crippen LogP contribution in [0.25, 0.3) is 0 Å². The summed E-state index contributed by atoms with van der Waals surface area (Å²) >= 11 is 0. The van der Waals surface area contributed by atoms with Gasteiger partial charge in [0.2, 0.25) is 0 Å². The molecule has 0 aliphatic heterocycles. The highest BCUT2D eigenvalue weighted by atomic mass is 16.2. The maximum absolute atomic E-state index is 12.8. The smallest absolute Gasteiger partial charge is 0.254 e. The van der Waals surface area contributed by atoms with E-state index in [0.717, 1.165) is 17.7 Å². The van der Waals surface area contributed by atoms with Gasteiger partial charge in [-0.05, 0) is 50.8 Å². The Morgan fingerprint density at radius 3 is 2.53 bits per heavy atom. The Morgan fingerprint density at radius 1 is 1.21 bits per heavy atom. The zero-order valence-electron chi connectivity index (χ0n) is 12.4. The number of hydrogen-bond acceptors (Lipinski definition) is 1. The van der Waals surface area contributed by atoms with Crippen LogP contribution in [-0.2, 0) is 0 Å². The molecule has 0 saturated heterocycles. The number of carbonyl (C=O) groups excluding carboxylic acids is 1. The third kappa shape index (κ3) is 2.99. The summed E-state index contributed by atoms with van der Waals surface area (Å²) < 4.78 is 0. The Hall–Kier alpha value is -1.31. The van der Waals surface area contributed by atoms with Crippen molar-refractivity contribution in [1.82, 2.24) is 4.90 Å². The molecule has 0 N–H and O–H groups in total. The fraction of sp³-hybridized carbons (Fsp3) is 0.588. The van der Waals surface area contributed by atoms with Gasteiger partial charge in [0.1, 0.15) is 0 Å². The predicted octanol–water partition coefficient (Wildman–Crippen LogP) is 4.10. The van der Waals surface area contributed by atoms with Crippen molar-refractivity contribution < 1.29 is 4.79 Å². The van der Waals surface area contributed by atoms with Crippen molar-refractivity contribution in [3.05, 3.63) is 34.9 Å². The van der Waals surface area contributed by atoms with Crippen LogP contribution < -0.4 is 0 Å². The van der Waals surface area contributed by atoms with E-state index in [1.807, 2.05) is 12.1 Å². The molecule has 1 aromatic carbocycles. The van der Waals surface area contributed by atoms with E-state index in [1.165, 1.54) is 37.7 Å². The fourth-order valence-electron chi connectivity index (χ4n) is 3.10. The molecule has 0 aromatic heterocycles. The lowest BCUT2D eigenvalue weighted by Crippen LogP contribution is -2.41. The van der Waals surface area contributed by atoms with Gasteiger partial charge in [-0.2, -0.15) is 0 Å². The molecule has 104 valence electrons. The Morgan fingerprint density at radius 2 is 1.89 bits per heavy atom. The summed E-state index contributed by atoms with van der Waals surface area (Å²) in [6.07, 6.45) is 6.20. The summed E-state index contributed by atoms with van der Waals surface area (Å²) in [5.41, 5.74) is 3.21. The van der Waals surface area contributed by atoms with E-state index in [1.54, 1.807) is 0 Å². The highest BCUT2D eigenvalue weighted by molar-refractivity contribution is 5.96. The van der Waals surface area contributed by atoms with Gasteiger partial charge in [0.05, 0.1) is 0 Å². The molecule has 1 aliphatic rings. The van der Waals surface area contributed by atoms with Crippen LogP contribution in [0.4, 0.5) is 0 Å². The summed E-state index contributed by atoms with van der Waals surface area (Å²) in [5, 5.41) is 0. The van der Waals surface area contributed by atoms with E-state index in [0.29, 0.717) is 6.04 Å². The van der Waals surface area contributed by atoms with E-state index >= 15 is 0 Å². The molecule has 0 spiro atoms. The minimum atomic E-state index is 0.218. The first kappa shape index (κ1) is 14.1. The first-order chi connectivity index (χ1) is 9.15. The van der Waals surface area contributed by atoms with E-state index < -0.39 is 0 Å². The quantitative estimate of drug-likeness (QED) is 0.800. The van der Waals surface area contributed by atoms with Gasteiger partial charge < -0.3 is 4.90 Å². The van der Waals surface area contributed by atoms with Crippen LogP contribution in [0.5, 0.6) is 0 Å². The van der Waals surface area contributed by atoms with Gasteiger partial charge in [-0.15, -0.1) is 0 Å². The predicted molar refractivity (Wildman–Crippen MR) is 79.5 cm³/mol. The zero-order valence-corrected chi connectivity index (χ0v) is 12.4. The number of rotatable bonds is 3. The van der Waals surface area contributed by atoms with Crippen LogP contribution in [0.15, 0.2) is 18.2 Å². The van der Waals surface area contributed by atoms with Crippen molar-refractivity contribution in [2.24, 2.45) is 0 Å². The molecule has 1 fully saturated rings. The molecule has 2 heteroatoms. The fourth-order valence-corrected chi connectivity index (χ4v) is 3.10. The first-order valence-corrected chi connectivity index (χ1v) is 7.52. The van der Waals surface area contributed by atoms with Crippen LogP contribution in [0, 0.1) is 13.8 Å². The second-order valence-corrected chi connectivity index (χ2v) is 5.63. The average molecular weight is 259 g/mol. The highest BCUT2D eigenvalue weighted by Gasteiger charge is 2.25. The van der Waals surface area contributed by atoms with Gasteiger partial charge in [0.15, 0.2) is 0 Å². The van der Waals surface area contributed by atoms with Gasteiger partial charge >= 0.3 is 0 Å². The largest absolute Gasteiger partial charge is 0.336 e. The molecule has 2 rings (SSSR count). The van der Waals surface area contributed by atoms with Crippen molar-refractivity contribution in [1.29, 1.82) is 0 Å². The van der Waals surface area contributed by atoms with E-state index in [-0.39, 0.29) is 5.91 Å². The first-order valence-electron chi connectivity index (χ1n) is 7.52. The maximum Gasteiger partial charge on any atom is 0.254 e. The molecule has 1 aromatic rings. The zero-order chi connectivity index (χ0) is 13.8. The standard InChI is InChI=1S/C17H25NO/c1-4-18(15-10-6-5-7-11-15)17(19)16-12-8-9-13(2)14(16)3/h8-9,12,15H,4-7,10-11H2,1-3H3. The van der Waals surface area contributed by atoms with Gasteiger partial charge in [-0.25, -0.2) is 0 Å². The Balaban J connectivity index is 2.22. The molecule has 2 nitrogen and oxygen atoms in total. The van der Waals surface area contributed by atoms with Crippen molar-refractivity contribution in [2.75, 3.05) is 6.54 Å². The lowest BCUT2D eigenvalue weighted by atomic mass is 9.93. The van der Waals surface area contributed by atoms with Crippen molar-refractivity contribution >= 4 is 5.91 Å². The molecule has 1 saturated carbocycles.